The number of pyridine rings is 1. The van der Waals surface area contributed by atoms with E-state index in [2.05, 4.69) is 26.2 Å². The molecule has 1 saturated heterocycles. The molecule has 1 aromatic heterocycles. The first-order valence-corrected chi connectivity index (χ1v) is 9.97. The predicted molar refractivity (Wildman–Crippen MR) is 120 cm³/mol. The lowest BCUT2D eigenvalue weighted by atomic mass is 10.2. The Balaban J connectivity index is 1.70. The molecule has 0 atom stereocenters. The third-order valence-electron chi connectivity index (χ3n) is 5.01. The van der Waals surface area contributed by atoms with Gasteiger partial charge in [-0.25, -0.2) is 9.78 Å². The molecule has 0 saturated carbocycles. The minimum Gasteiger partial charge on any atom is -0.495 e. The van der Waals surface area contributed by atoms with Crippen LogP contribution in [0.25, 0.3) is 0 Å². The number of ether oxygens (including phenoxy) is 3. The number of carbonyl (C=O) groups is 1. The van der Waals surface area contributed by atoms with Crippen molar-refractivity contribution in [1.29, 1.82) is 0 Å². The molecule has 0 bridgehead atoms. The molecule has 0 radical (unpaired) electrons. The standard InChI is InChI=1S/C21H26N4O4S/c1-14-15(20(26)29-4)13-16(19(22-14)28-3)23-21(30)25-11-9-24(10-12-25)17-7-5-6-8-18(17)27-2/h5-8,13H,9-12H2,1-4H3,(H,23,30). The summed E-state index contributed by atoms with van der Waals surface area (Å²) in [7, 11) is 4.55. The number of thiocarbonyl (C=S) groups is 1. The van der Waals surface area contributed by atoms with Crippen LogP contribution in [0.1, 0.15) is 16.1 Å². The molecule has 9 heteroatoms. The molecule has 1 N–H and O–H groups in total. The van der Waals surface area contributed by atoms with Gasteiger partial charge in [0.05, 0.1) is 38.3 Å². The van der Waals surface area contributed by atoms with Crippen molar-refractivity contribution < 1.29 is 19.0 Å². The molecule has 8 nitrogen and oxygen atoms in total. The van der Waals surface area contributed by atoms with E-state index in [-0.39, 0.29) is 0 Å². The van der Waals surface area contributed by atoms with Crippen molar-refractivity contribution in [2.45, 2.75) is 6.92 Å². The van der Waals surface area contributed by atoms with Gasteiger partial charge in [-0.05, 0) is 37.3 Å². The van der Waals surface area contributed by atoms with Crippen molar-refractivity contribution in [2.24, 2.45) is 0 Å². The highest BCUT2D eigenvalue weighted by Crippen LogP contribution is 2.29. The second-order valence-corrected chi connectivity index (χ2v) is 7.13. The van der Waals surface area contributed by atoms with Gasteiger partial charge in [0.25, 0.3) is 0 Å². The Hall–Kier alpha value is -3.07. The monoisotopic (exact) mass is 430 g/mol. The summed E-state index contributed by atoms with van der Waals surface area (Å²) < 4.78 is 15.7. The van der Waals surface area contributed by atoms with E-state index in [1.807, 2.05) is 18.2 Å². The fourth-order valence-electron chi connectivity index (χ4n) is 3.38. The van der Waals surface area contributed by atoms with Gasteiger partial charge in [0.15, 0.2) is 5.11 Å². The summed E-state index contributed by atoms with van der Waals surface area (Å²) in [5.74, 6) is 0.773. The maximum Gasteiger partial charge on any atom is 0.339 e. The summed E-state index contributed by atoms with van der Waals surface area (Å²) in [6.07, 6.45) is 0. The Morgan fingerprint density at radius 1 is 1.10 bits per heavy atom. The van der Waals surface area contributed by atoms with E-state index in [1.54, 1.807) is 20.1 Å². The Morgan fingerprint density at radius 2 is 1.80 bits per heavy atom. The minimum absolute atomic E-state index is 0.365. The Bertz CT molecular complexity index is 929. The third-order valence-corrected chi connectivity index (χ3v) is 5.37. The van der Waals surface area contributed by atoms with E-state index in [1.165, 1.54) is 14.2 Å². The normalized spacial score (nSPS) is 13.6. The maximum atomic E-state index is 12.0. The molecule has 1 fully saturated rings. The maximum absolute atomic E-state index is 12.0. The highest BCUT2D eigenvalue weighted by atomic mass is 32.1. The number of benzene rings is 1. The highest BCUT2D eigenvalue weighted by molar-refractivity contribution is 7.80. The van der Waals surface area contributed by atoms with Crippen molar-refractivity contribution >= 4 is 34.7 Å². The molecule has 0 aliphatic carbocycles. The van der Waals surface area contributed by atoms with Crippen molar-refractivity contribution in [3.63, 3.8) is 0 Å². The molecule has 3 rings (SSSR count). The summed E-state index contributed by atoms with van der Waals surface area (Å²) in [5.41, 5.74) is 2.50. The van der Waals surface area contributed by atoms with Crippen LogP contribution >= 0.6 is 12.2 Å². The van der Waals surface area contributed by atoms with Crippen LogP contribution in [0.2, 0.25) is 0 Å². The van der Waals surface area contributed by atoms with Crippen LogP contribution in [-0.2, 0) is 4.74 Å². The number of aryl methyl sites for hydroxylation is 1. The molecule has 1 aliphatic heterocycles. The van der Waals surface area contributed by atoms with E-state index in [0.717, 1.165) is 37.6 Å². The SMILES string of the molecule is COC(=O)c1cc(NC(=S)N2CCN(c3ccccc3OC)CC2)c(OC)nc1C. The molecule has 0 spiro atoms. The van der Waals surface area contributed by atoms with Gasteiger partial charge in [-0.3, -0.25) is 0 Å². The lowest BCUT2D eigenvalue weighted by Gasteiger charge is -2.37. The smallest absolute Gasteiger partial charge is 0.339 e. The number of nitrogens with zero attached hydrogens (tertiary/aromatic N) is 3. The van der Waals surface area contributed by atoms with Gasteiger partial charge < -0.3 is 29.3 Å². The Morgan fingerprint density at radius 3 is 2.43 bits per heavy atom. The molecular formula is C21H26N4O4S. The van der Waals surface area contributed by atoms with Crippen LogP contribution in [0.15, 0.2) is 30.3 Å². The van der Waals surface area contributed by atoms with Crippen molar-refractivity contribution in [1.82, 2.24) is 9.88 Å². The van der Waals surface area contributed by atoms with Crippen molar-refractivity contribution in [2.75, 3.05) is 57.7 Å². The first-order chi connectivity index (χ1) is 14.5. The van der Waals surface area contributed by atoms with Crippen LogP contribution in [0, 0.1) is 6.92 Å². The number of hydrogen-bond acceptors (Lipinski definition) is 7. The van der Waals surface area contributed by atoms with E-state index >= 15 is 0 Å². The van der Waals surface area contributed by atoms with Crippen LogP contribution in [0.4, 0.5) is 11.4 Å². The first-order valence-electron chi connectivity index (χ1n) is 9.56. The summed E-state index contributed by atoms with van der Waals surface area (Å²) in [4.78, 5) is 20.7. The number of anilines is 2. The number of piperazine rings is 1. The minimum atomic E-state index is -0.456. The van der Waals surface area contributed by atoms with Gasteiger partial charge in [0.1, 0.15) is 11.4 Å². The number of carbonyl (C=O) groups excluding carboxylic acids is 1. The number of para-hydroxylation sites is 2. The molecule has 160 valence electrons. The quantitative estimate of drug-likeness (QED) is 0.569. The zero-order valence-electron chi connectivity index (χ0n) is 17.6. The van der Waals surface area contributed by atoms with E-state index in [9.17, 15) is 4.79 Å². The zero-order valence-corrected chi connectivity index (χ0v) is 18.4. The average molecular weight is 431 g/mol. The molecule has 2 heterocycles. The zero-order chi connectivity index (χ0) is 21.7. The van der Waals surface area contributed by atoms with E-state index < -0.39 is 5.97 Å². The van der Waals surface area contributed by atoms with Crippen molar-refractivity contribution in [3.05, 3.63) is 41.6 Å². The highest BCUT2D eigenvalue weighted by Gasteiger charge is 2.23. The lowest BCUT2D eigenvalue weighted by molar-refractivity contribution is 0.0599. The van der Waals surface area contributed by atoms with Crippen LogP contribution in [0.5, 0.6) is 11.6 Å². The van der Waals surface area contributed by atoms with Gasteiger partial charge >= 0.3 is 5.97 Å². The Kier molecular flexibility index (Phi) is 6.94. The topological polar surface area (TPSA) is 76.2 Å². The van der Waals surface area contributed by atoms with Gasteiger partial charge in [-0.1, -0.05) is 12.1 Å². The number of hydrogen-bond donors (Lipinski definition) is 1. The number of nitrogens with one attached hydrogen (secondary N) is 1. The predicted octanol–water partition coefficient (Wildman–Crippen LogP) is 2.71. The third kappa shape index (κ3) is 4.56. The number of aromatic nitrogens is 1. The molecule has 1 aliphatic rings. The average Bonchev–Trinajstić information content (AvgIpc) is 2.79. The summed E-state index contributed by atoms with van der Waals surface area (Å²) in [6, 6.07) is 9.64. The van der Waals surface area contributed by atoms with E-state index in [4.69, 9.17) is 26.4 Å². The summed E-state index contributed by atoms with van der Waals surface area (Å²) in [6.45, 7) is 4.83. The molecule has 0 unspecified atom stereocenters. The number of rotatable bonds is 5. The lowest BCUT2D eigenvalue weighted by Crippen LogP contribution is -2.50. The van der Waals surface area contributed by atoms with Gasteiger partial charge in [0, 0.05) is 26.2 Å². The Labute approximate surface area is 181 Å². The van der Waals surface area contributed by atoms with Crippen LogP contribution in [0.3, 0.4) is 0 Å². The summed E-state index contributed by atoms with van der Waals surface area (Å²) in [5, 5.41) is 3.72. The van der Waals surface area contributed by atoms with Gasteiger partial charge in [-0.15, -0.1) is 0 Å². The fraction of sp³-hybridized carbons (Fsp3) is 0.381. The fourth-order valence-corrected chi connectivity index (χ4v) is 3.67. The van der Waals surface area contributed by atoms with Crippen LogP contribution in [-0.4, -0.2) is 68.5 Å². The van der Waals surface area contributed by atoms with Gasteiger partial charge in [-0.2, -0.15) is 0 Å². The second kappa shape index (κ2) is 9.62. The molecule has 0 amide bonds. The largest absolute Gasteiger partial charge is 0.495 e. The van der Waals surface area contributed by atoms with Gasteiger partial charge in [0.2, 0.25) is 5.88 Å². The number of methoxy groups -OCH3 is 3. The molecular weight excluding hydrogens is 404 g/mol. The molecule has 2 aromatic rings. The molecule has 30 heavy (non-hydrogen) atoms. The first kappa shape index (κ1) is 21.6. The van der Waals surface area contributed by atoms with E-state index in [0.29, 0.717) is 27.9 Å². The van der Waals surface area contributed by atoms with Crippen LogP contribution < -0.4 is 19.7 Å². The second-order valence-electron chi connectivity index (χ2n) is 6.75. The molecule has 1 aromatic carbocycles. The van der Waals surface area contributed by atoms with Crippen molar-refractivity contribution in [3.8, 4) is 11.6 Å². The summed E-state index contributed by atoms with van der Waals surface area (Å²) >= 11 is 5.61. The number of esters is 1.